The van der Waals surface area contributed by atoms with Gasteiger partial charge in [-0.3, -0.25) is 19.2 Å². The van der Waals surface area contributed by atoms with E-state index in [-0.39, 0.29) is 13.1 Å². The Kier molecular flexibility index (Phi) is 5.20. The molecule has 0 spiro atoms. The fourth-order valence-corrected chi connectivity index (χ4v) is 2.74. The van der Waals surface area contributed by atoms with Gasteiger partial charge in [-0.15, -0.1) is 0 Å². The molecule has 2 fully saturated rings. The lowest BCUT2D eigenvalue weighted by Gasteiger charge is -2.16. The first-order valence-corrected chi connectivity index (χ1v) is 8.47. The van der Waals surface area contributed by atoms with E-state index in [1.807, 2.05) is 24.3 Å². The highest BCUT2D eigenvalue weighted by molar-refractivity contribution is 6.22. The van der Waals surface area contributed by atoms with E-state index in [2.05, 4.69) is 5.32 Å². The Morgan fingerprint density at radius 1 is 1.19 bits per heavy atom. The number of aliphatic carboxylic acids is 1. The minimum absolute atomic E-state index is 0.163. The van der Waals surface area contributed by atoms with E-state index in [0.29, 0.717) is 12.5 Å². The predicted octanol–water partition coefficient (Wildman–Crippen LogP) is 0.204. The van der Waals surface area contributed by atoms with Crippen molar-refractivity contribution < 1.29 is 29.0 Å². The highest BCUT2D eigenvalue weighted by Gasteiger charge is 2.43. The maximum atomic E-state index is 12.3. The Hall–Kier alpha value is -2.90. The summed E-state index contributed by atoms with van der Waals surface area (Å²) in [6.45, 7) is 0.129. The lowest BCUT2D eigenvalue weighted by atomic mass is 10.1. The van der Waals surface area contributed by atoms with Gasteiger partial charge in [-0.1, -0.05) is 12.1 Å². The number of ether oxygens (including phenoxy) is 1. The van der Waals surface area contributed by atoms with Crippen LogP contribution in [0.15, 0.2) is 24.3 Å². The number of benzene rings is 1. The molecule has 26 heavy (non-hydrogen) atoms. The highest BCUT2D eigenvalue weighted by Crippen LogP contribution is 2.29. The van der Waals surface area contributed by atoms with E-state index in [1.165, 1.54) is 17.7 Å². The molecule has 2 aliphatic rings. The van der Waals surface area contributed by atoms with Crippen LogP contribution in [0, 0.1) is 11.8 Å². The van der Waals surface area contributed by atoms with Gasteiger partial charge in [-0.2, -0.15) is 0 Å². The first-order valence-electron chi connectivity index (χ1n) is 8.47. The summed E-state index contributed by atoms with van der Waals surface area (Å²) >= 11 is 0. The molecule has 1 atom stereocenters. The van der Waals surface area contributed by atoms with Crippen molar-refractivity contribution in [2.75, 3.05) is 19.7 Å². The summed E-state index contributed by atoms with van der Waals surface area (Å²) in [5.74, 6) is -3.28. The smallest absolute Gasteiger partial charge is 0.322 e. The third-order valence-electron chi connectivity index (χ3n) is 4.38. The number of carboxylic acid groups (broad SMARTS) is 1. The van der Waals surface area contributed by atoms with E-state index < -0.39 is 36.0 Å². The van der Waals surface area contributed by atoms with Crippen LogP contribution in [0.25, 0.3) is 0 Å². The number of ketones is 1. The SMILES string of the molecule is O=C(O)CNC(=O)C1C(=O)CN(Cc2ccc(OCC3CC3)cc2)C1=O. The number of amides is 2. The molecule has 1 aromatic rings. The Morgan fingerprint density at radius 2 is 1.88 bits per heavy atom. The molecule has 8 nitrogen and oxygen atoms in total. The normalized spacial score (nSPS) is 19.5. The molecule has 8 heteroatoms. The van der Waals surface area contributed by atoms with E-state index in [0.717, 1.165) is 11.3 Å². The van der Waals surface area contributed by atoms with E-state index in [9.17, 15) is 19.2 Å². The van der Waals surface area contributed by atoms with Crippen LogP contribution in [0.5, 0.6) is 5.75 Å². The molecule has 1 saturated carbocycles. The molecule has 1 heterocycles. The van der Waals surface area contributed by atoms with Crippen LogP contribution in [0.1, 0.15) is 18.4 Å². The number of Topliss-reactive ketones (excluding diaryl/α,β-unsaturated/α-hetero) is 1. The van der Waals surface area contributed by atoms with Gasteiger partial charge in [0.2, 0.25) is 11.8 Å². The second-order valence-corrected chi connectivity index (χ2v) is 6.60. The van der Waals surface area contributed by atoms with Crippen molar-refractivity contribution in [3.63, 3.8) is 0 Å². The van der Waals surface area contributed by atoms with Crippen LogP contribution in [-0.2, 0) is 25.7 Å². The van der Waals surface area contributed by atoms with Gasteiger partial charge in [0, 0.05) is 6.54 Å². The molecule has 0 bridgehead atoms. The standard InChI is InChI=1S/C18H20N2O6/c21-14-9-20(18(25)16(14)17(24)19-7-15(22)23)8-11-3-5-13(6-4-11)26-10-12-1-2-12/h3-6,12,16H,1-2,7-10H2,(H,19,24)(H,22,23). The number of likely N-dealkylation sites (tertiary alicyclic amines) is 1. The zero-order valence-electron chi connectivity index (χ0n) is 14.1. The summed E-state index contributed by atoms with van der Waals surface area (Å²) in [6, 6.07) is 7.27. The molecule has 1 aromatic carbocycles. The van der Waals surface area contributed by atoms with Crippen molar-refractivity contribution in [1.29, 1.82) is 0 Å². The minimum Gasteiger partial charge on any atom is -0.493 e. The number of carbonyl (C=O) groups is 4. The van der Waals surface area contributed by atoms with Crippen LogP contribution in [-0.4, -0.2) is 53.3 Å². The van der Waals surface area contributed by atoms with E-state index in [1.54, 1.807) is 0 Å². The first-order chi connectivity index (χ1) is 12.4. The molecule has 2 amide bonds. The van der Waals surface area contributed by atoms with Gasteiger partial charge in [0.25, 0.3) is 0 Å². The maximum absolute atomic E-state index is 12.3. The fourth-order valence-electron chi connectivity index (χ4n) is 2.74. The summed E-state index contributed by atoms with van der Waals surface area (Å²) in [4.78, 5) is 48.0. The Labute approximate surface area is 150 Å². The number of carboxylic acids is 1. The largest absolute Gasteiger partial charge is 0.493 e. The predicted molar refractivity (Wildman–Crippen MR) is 89.2 cm³/mol. The zero-order valence-corrected chi connectivity index (χ0v) is 14.1. The average Bonchev–Trinajstić information content (AvgIpc) is 3.38. The fraction of sp³-hybridized carbons (Fsp3) is 0.444. The van der Waals surface area contributed by atoms with Crippen LogP contribution in [0.3, 0.4) is 0 Å². The van der Waals surface area contributed by atoms with Crippen molar-refractivity contribution in [2.45, 2.75) is 19.4 Å². The van der Waals surface area contributed by atoms with Gasteiger partial charge in [0.1, 0.15) is 12.3 Å². The summed E-state index contributed by atoms with van der Waals surface area (Å²) < 4.78 is 5.65. The third-order valence-corrected chi connectivity index (χ3v) is 4.38. The maximum Gasteiger partial charge on any atom is 0.322 e. The molecular formula is C18H20N2O6. The lowest BCUT2D eigenvalue weighted by molar-refractivity contribution is -0.143. The second-order valence-electron chi connectivity index (χ2n) is 6.60. The quantitative estimate of drug-likeness (QED) is 0.641. The molecule has 1 saturated heterocycles. The third kappa shape index (κ3) is 4.38. The van der Waals surface area contributed by atoms with Crippen LogP contribution >= 0.6 is 0 Å². The van der Waals surface area contributed by atoms with Gasteiger partial charge < -0.3 is 20.1 Å². The Bertz CT molecular complexity index is 726. The molecule has 138 valence electrons. The summed E-state index contributed by atoms with van der Waals surface area (Å²) in [6.07, 6.45) is 2.43. The van der Waals surface area contributed by atoms with E-state index >= 15 is 0 Å². The molecule has 0 radical (unpaired) electrons. The molecule has 3 rings (SSSR count). The lowest BCUT2D eigenvalue weighted by Crippen LogP contribution is -2.40. The van der Waals surface area contributed by atoms with Crippen LogP contribution in [0.4, 0.5) is 0 Å². The van der Waals surface area contributed by atoms with Gasteiger partial charge in [0.05, 0.1) is 13.2 Å². The first kappa shape index (κ1) is 17.9. The number of rotatable bonds is 8. The monoisotopic (exact) mass is 360 g/mol. The number of carbonyl (C=O) groups excluding carboxylic acids is 3. The molecule has 0 aromatic heterocycles. The van der Waals surface area contributed by atoms with Crippen molar-refractivity contribution in [3.8, 4) is 5.75 Å². The summed E-state index contributed by atoms with van der Waals surface area (Å²) in [7, 11) is 0. The van der Waals surface area contributed by atoms with Gasteiger partial charge in [-0.05, 0) is 36.5 Å². The van der Waals surface area contributed by atoms with Crippen molar-refractivity contribution >= 4 is 23.6 Å². The molecular weight excluding hydrogens is 340 g/mol. The van der Waals surface area contributed by atoms with Gasteiger partial charge in [0.15, 0.2) is 11.7 Å². The number of nitrogens with zero attached hydrogens (tertiary/aromatic N) is 1. The van der Waals surface area contributed by atoms with Crippen LogP contribution in [0.2, 0.25) is 0 Å². The Balaban J connectivity index is 1.56. The zero-order chi connectivity index (χ0) is 18.7. The molecule has 1 aliphatic carbocycles. The average molecular weight is 360 g/mol. The number of hydrogen-bond donors (Lipinski definition) is 2. The topological polar surface area (TPSA) is 113 Å². The van der Waals surface area contributed by atoms with Gasteiger partial charge in [-0.25, -0.2) is 0 Å². The van der Waals surface area contributed by atoms with Crippen molar-refractivity contribution in [2.24, 2.45) is 11.8 Å². The summed E-state index contributed by atoms with van der Waals surface area (Å²) in [5.41, 5.74) is 0.816. The van der Waals surface area contributed by atoms with Gasteiger partial charge >= 0.3 is 5.97 Å². The minimum atomic E-state index is -1.46. The number of hydrogen-bond acceptors (Lipinski definition) is 5. The van der Waals surface area contributed by atoms with Crippen LogP contribution < -0.4 is 10.1 Å². The Morgan fingerprint density at radius 3 is 2.50 bits per heavy atom. The number of nitrogens with one attached hydrogen (secondary N) is 1. The van der Waals surface area contributed by atoms with Crippen molar-refractivity contribution in [1.82, 2.24) is 10.2 Å². The molecule has 2 N–H and O–H groups in total. The molecule has 1 aliphatic heterocycles. The second kappa shape index (κ2) is 7.55. The molecule has 1 unspecified atom stereocenters. The van der Waals surface area contributed by atoms with E-state index in [4.69, 9.17) is 9.84 Å². The van der Waals surface area contributed by atoms with Crippen molar-refractivity contribution in [3.05, 3.63) is 29.8 Å². The summed E-state index contributed by atoms with van der Waals surface area (Å²) in [5, 5.41) is 10.7. The highest BCUT2D eigenvalue weighted by atomic mass is 16.5.